The number of carbonyl (C=O) groups excluding carboxylic acids is 1. The Kier molecular flexibility index (Phi) is 3.92. The molecule has 0 bridgehead atoms. The van der Waals surface area contributed by atoms with Gasteiger partial charge in [0, 0.05) is 23.1 Å². The molecule has 118 valence electrons. The highest BCUT2D eigenvalue weighted by atomic mass is 16.5. The standard InChI is InChI=1S/C16H16N4O3/c1-3-9(2)12-8-13(22-19-12)16-18-15(20-23-16)11-6-4-10(5-7-11)14(17)21/h4-9H,3H2,1-2H3,(H2,17,21)/t9-/m1/s1. The summed E-state index contributed by atoms with van der Waals surface area (Å²) in [5, 5.41) is 7.94. The monoisotopic (exact) mass is 312 g/mol. The van der Waals surface area contributed by atoms with Crippen LogP contribution in [0.5, 0.6) is 0 Å². The van der Waals surface area contributed by atoms with Gasteiger partial charge in [0.15, 0.2) is 0 Å². The first-order valence-electron chi connectivity index (χ1n) is 7.29. The van der Waals surface area contributed by atoms with Gasteiger partial charge in [0.1, 0.15) is 0 Å². The van der Waals surface area contributed by atoms with Crippen LogP contribution in [0.3, 0.4) is 0 Å². The van der Waals surface area contributed by atoms with E-state index in [-0.39, 0.29) is 5.89 Å². The SMILES string of the molecule is CC[C@@H](C)c1cc(-c2nc(-c3ccc(C(N)=O)cc3)no2)on1. The lowest BCUT2D eigenvalue weighted by Crippen LogP contribution is -2.10. The number of rotatable bonds is 5. The third-order valence-corrected chi connectivity index (χ3v) is 3.71. The van der Waals surface area contributed by atoms with E-state index < -0.39 is 5.91 Å². The summed E-state index contributed by atoms with van der Waals surface area (Å²) in [6, 6.07) is 8.45. The van der Waals surface area contributed by atoms with E-state index in [0.717, 1.165) is 12.1 Å². The van der Waals surface area contributed by atoms with Crippen molar-refractivity contribution >= 4 is 5.91 Å². The number of carbonyl (C=O) groups is 1. The van der Waals surface area contributed by atoms with Crippen LogP contribution in [-0.2, 0) is 0 Å². The summed E-state index contributed by atoms with van der Waals surface area (Å²) in [6.07, 6.45) is 0.966. The molecule has 0 aliphatic heterocycles. The Morgan fingerprint density at radius 1 is 1.22 bits per heavy atom. The van der Waals surface area contributed by atoms with Gasteiger partial charge in [-0.1, -0.05) is 36.3 Å². The van der Waals surface area contributed by atoms with Crippen molar-refractivity contribution in [1.82, 2.24) is 15.3 Å². The molecular formula is C16H16N4O3. The molecule has 23 heavy (non-hydrogen) atoms. The zero-order valence-corrected chi connectivity index (χ0v) is 12.8. The van der Waals surface area contributed by atoms with Crippen LogP contribution in [0.2, 0.25) is 0 Å². The molecule has 1 aromatic carbocycles. The quantitative estimate of drug-likeness (QED) is 0.775. The van der Waals surface area contributed by atoms with E-state index >= 15 is 0 Å². The highest BCUT2D eigenvalue weighted by molar-refractivity contribution is 5.93. The number of hydrogen-bond donors (Lipinski definition) is 1. The van der Waals surface area contributed by atoms with Crippen molar-refractivity contribution in [3.05, 3.63) is 41.6 Å². The van der Waals surface area contributed by atoms with Gasteiger partial charge in [-0.2, -0.15) is 4.98 Å². The molecule has 0 radical (unpaired) electrons. The smallest absolute Gasteiger partial charge is 0.296 e. The number of hydrogen-bond acceptors (Lipinski definition) is 6. The van der Waals surface area contributed by atoms with Crippen molar-refractivity contribution < 1.29 is 13.8 Å². The summed E-state index contributed by atoms with van der Waals surface area (Å²) >= 11 is 0. The van der Waals surface area contributed by atoms with Crippen LogP contribution in [-0.4, -0.2) is 21.2 Å². The van der Waals surface area contributed by atoms with Gasteiger partial charge in [0.05, 0.1) is 5.69 Å². The third kappa shape index (κ3) is 2.98. The fraction of sp³-hybridized carbons (Fsp3) is 0.250. The van der Waals surface area contributed by atoms with Crippen molar-refractivity contribution in [2.24, 2.45) is 5.73 Å². The van der Waals surface area contributed by atoms with Crippen molar-refractivity contribution in [3.63, 3.8) is 0 Å². The first-order chi connectivity index (χ1) is 11.1. The minimum atomic E-state index is -0.482. The predicted molar refractivity (Wildman–Crippen MR) is 82.5 cm³/mol. The molecule has 7 nitrogen and oxygen atoms in total. The van der Waals surface area contributed by atoms with E-state index in [4.69, 9.17) is 14.8 Å². The summed E-state index contributed by atoms with van der Waals surface area (Å²) in [5.74, 6) is 0.923. The summed E-state index contributed by atoms with van der Waals surface area (Å²) in [5.41, 5.74) is 7.20. The molecule has 3 rings (SSSR count). The van der Waals surface area contributed by atoms with Crippen molar-refractivity contribution in [3.8, 4) is 23.0 Å². The minimum Gasteiger partial charge on any atom is -0.366 e. The molecular weight excluding hydrogens is 296 g/mol. The number of primary amides is 1. The van der Waals surface area contributed by atoms with E-state index in [1.807, 2.05) is 6.07 Å². The van der Waals surface area contributed by atoms with Crippen LogP contribution in [0.1, 0.15) is 42.2 Å². The Hall–Kier alpha value is -2.96. The zero-order chi connectivity index (χ0) is 16.4. The minimum absolute atomic E-state index is 0.265. The van der Waals surface area contributed by atoms with Gasteiger partial charge in [-0.25, -0.2) is 0 Å². The van der Waals surface area contributed by atoms with Crippen molar-refractivity contribution in [2.45, 2.75) is 26.2 Å². The van der Waals surface area contributed by atoms with Crippen LogP contribution >= 0.6 is 0 Å². The summed E-state index contributed by atoms with van der Waals surface area (Å²) in [6.45, 7) is 4.15. The maximum absolute atomic E-state index is 11.1. The molecule has 2 aromatic heterocycles. The molecule has 0 aliphatic rings. The Balaban J connectivity index is 1.85. The van der Waals surface area contributed by atoms with Gasteiger partial charge in [0.25, 0.3) is 5.89 Å². The van der Waals surface area contributed by atoms with Gasteiger partial charge < -0.3 is 14.8 Å². The van der Waals surface area contributed by atoms with E-state index in [9.17, 15) is 4.79 Å². The second-order valence-electron chi connectivity index (χ2n) is 5.29. The topological polar surface area (TPSA) is 108 Å². The lowest BCUT2D eigenvalue weighted by molar-refractivity contribution is 0.100. The lowest BCUT2D eigenvalue weighted by atomic mass is 10.1. The van der Waals surface area contributed by atoms with Crippen LogP contribution < -0.4 is 5.73 Å². The molecule has 1 atom stereocenters. The maximum atomic E-state index is 11.1. The second-order valence-corrected chi connectivity index (χ2v) is 5.29. The van der Waals surface area contributed by atoms with E-state index in [1.54, 1.807) is 24.3 Å². The molecule has 3 aromatic rings. The van der Waals surface area contributed by atoms with Crippen molar-refractivity contribution in [2.75, 3.05) is 0 Å². The largest absolute Gasteiger partial charge is 0.366 e. The third-order valence-electron chi connectivity index (χ3n) is 3.71. The maximum Gasteiger partial charge on any atom is 0.296 e. The molecule has 0 saturated carbocycles. The van der Waals surface area contributed by atoms with Gasteiger partial charge in [-0.15, -0.1) is 0 Å². The van der Waals surface area contributed by atoms with Crippen LogP contribution in [0.25, 0.3) is 23.0 Å². The average Bonchev–Trinajstić information content (AvgIpc) is 3.23. The van der Waals surface area contributed by atoms with Crippen LogP contribution in [0.15, 0.2) is 39.4 Å². The fourth-order valence-electron chi connectivity index (χ4n) is 2.06. The summed E-state index contributed by atoms with van der Waals surface area (Å²) in [4.78, 5) is 15.4. The van der Waals surface area contributed by atoms with E-state index in [2.05, 4.69) is 29.1 Å². The molecule has 0 fully saturated rings. The molecule has 0 saturated heterocycles. The Bertz CT molecular complexity index is 820. The van der Waals surface area contributed by atoms with E-state index in [1.165, 1.54) is 0 Å². The van der Waals surface area contributed by atoms with E-state index in [0.29, 0.717) is 28.6 Å². The Morgan fingerprint density at radius 2 is 1.96 bits per heavy atom. The molecule has 0 aliphatic carbocycles. The lowest BCUT2D eigenvalue weighted by Gasteiger charge is -1.99. The van der Waals surface area contributed by atoms with Gasteiger partial charge in [0.2, 0.25) is 17.5 Å². The number of aromatic nitrogens is 3. The fourth-order valence-corrected chi connectivity index (χ4v) is 2.06. The van der Waals surface area contributed by atoms with Gasteiger partial charge in [-0.3, -0.25) is 4.79 Å². The highest BCUT2D eigenvalue weighted by Crippen LogP contribution is 2.26. The van der Waals surface area contributed by atoms with Gasteiger partial charge >= 0.3 is 0 Å². The molecule has 2 N–H and O–H groups in total. The van der Waals surface area contributed by atoms with Crippen molar-refractivity contribution in [1.29, 1.82) is 0 Å². The number of nitrogens with two attached hydrogens (primary N) is 1. The zero-order valence-electron chi connectivity index (χ0n) is 12.8. The Labute approximate surface area is 132 Å². The summed E-state index contributed by atoms with van der Waals surface area (Å²) < 4.78 is 10.5. The second kappa shape index (κ2) is 6.04. The molecule has 1 amide bonds. The predicted octanol–water partition coefficient (Wildman–Crippen LogP) is 3.00. The van der Waals surface area contributed by atoms with Crippen LogP contribution in [0, 0.1) is 0 Å². The molecule has 2 heterocycles. The number of benzene rings is 1. The number of amides is 1. The first kappa shape index (κ1) is 15.0. The average molecular weight is 312 g/mol. The first-order valence-corrected chi connectivity index (χ1v) is 7.29. The van der Waals surface area contributed by atoms with Gasteiger partial charge in [-0.05, 0) is 18.6 Å². The molecule has 0 unspecified atom stereocenters. The molecule has 0 spiro atoms. The van der Waals surface area contributed by atoms with Crippen LogP contribution in [0.4, 0.5) is 0 Å². The highest BCUT2D eigenvalue weighted by Gasteiger charge is 2.17. The molecule has 7 heteroatoms. The normalized spacial score (nSPS) is 12.3. The Morgan fingerprint density at radius 3 is 2.61 bits per heavy atom. The number of nitrogens with zero attached hydrogens (tertiary/aromatic N) is 3. The summed E-state index contributed by atoms with van der Waals surface area (Å²) in [7, 11) is 0.